The number of nitrogens with zero attached hydrogens (tertiary/aromatic N) is 2. The number of hydrogen-bond acceptors (Lipinski definition) is 4. The molecule has 0 unspecified atom stereocenters. The Bertz CT molecular complexity index is 721. The molecule has 0 amide bonds. The van der Waals surface area contributed by atoms with Crippen LogP contribution in [0.25, 0.3) is 22.2 Å². The molecule has 0 aliphatic carbocycles. The molecule has 2 heterocycles. The molecule has 0 bridgehead atoms. The standard InChI is InChI=1S/C12H6ClFN2OS/c13-9(4-8-5-15-6-18-8)12-16-10-2-1-7(14)3-11(10)17-12/h1-6H/b9-4-. The van der Waals surface area contributed by atoms with Gasteiger partial charge in [0.1, 0.15) is 16.4 Å². The lowest BCUT2D eigenvalue weighted by molar-refractivity contribution is 0.579. The average Bonchev–Trinajstić information content (AvgIpc) is 2.96. The van der Waals surface area contributed by atoms with Gasteiger partial charge in [-0.15, -0.1) is 11.3 Å². The van der Waals surface area contributed by atoms with Crippen molar-refractivity contribution in [2.45, 2.75) is 0 Å². The molecule has 0 saturated heterocycles. The maximum Gasteiger partial charge on any atom is 0.238 e. The van der Waals surface area contributed by atoms with Gasteiger partial charge in [-0.1, -0.05) is 11.6 Å². The van der Waals surface area contributed by atoms with Crippen molar-refractivity contribution in [2.24, 2.45) is 0 Å². The Morgan fingerprint density at radius 1 is 1.44 bits per heavy atom. The summed E-state index contributed by atoms with van der Waals surface area (Å²) in [5, 5.41) is 0.357. The lowest BCUT2D eigenvalue weighted by Gasteiger charge is -1.89. The molecule has 0 aliphatic rings. The van der Waals surface area contributed by atoms with Crippen molar-refractivity contribution in [3.63, 3.8) is 0 Å². The van der Waals surface area contributed by atoms with Crippen LogP contribution in [0.15, 0.2) is 34.3 Å². The molecule has 3 rings (SSSR count). The zero-order chi connectivity index (χ0) is 12.5. The second-order valence-corrected chi connectivity index (χ2v) is 4.85. The SMILES string of the molecule is Fc1ccc2nc(/C(Cl)=C/c3cncs3)oc2c1. The number of aromatic nitrogens is 2. The molecule has 0 fully saturated rings. The van der Waals surface area contributed by atoms with E-state index in [1.807, 2.05) is 0 Å². The molecule has 3 aromatic rings. The van der Waals surface area contributed by atoms with Crippen LogP contribution >= 0.6 is 22.9 Å². The number of halogens is 2. The highest BCUT2D eigenvalue weighted by Gasteiger charge is 2.10. The zero-order valence-corrected chi connectivity index (χ0v) is 10.5. The minimum absolute atomic E-state index is 0.269. The maximum absolute atomic E-state index is 13.0. The van der Waals surface area contributed by atoms with E-state index in [9.17, 15) is 4.39 Å². The lowest BCUT2D eigenvalue weighted by Crippen LogP contribution is -1.75. The van der Waals surface area contributed by atoms with Crippen LogP contribution in [0, 0.1) is 5.82 Å². The van der Waals surface area contributed by atoms with Crippen molar-refractivity contribution in [3.05, 3.63) is 46.5 Å². The van der Waals surface area contributed by atoms with Crippen LogP contribution in [0.1, 0.15) is 10.8 Å². The van der Waals surface area contributed by atoms with Crippen LogP contribution < -0.4 is 0 Å². The van der Waals surface area contributed by atoms with Crippen molar-refractivity contribution in [3.8, 4) is 0 Å². The van der Waals surface area contributed by atoms with Crippen LogP contribution in [0.2, 0.25) is 0 Å². The molecule has 1 aromatic carbocycles. The van der Waals surface area contributed by atoms with Gasteiger partial charge in [0.05, 0.1) is 5.51 Å². The Labute approximate surface area is 111 Å². The van der Waals surface area contributed by atoms with Gasteiger partial charge >= 0.3 is 0 Å². The minimum atomic E-state index is -0.368. The van der Waals surface area contributed by atoms with E-state index < -0.39 is 0 Å². The minimum Gasteiger partial charge on any atom is -0.435 e. The van der Waals surface area contributed by atoms with Crippen LogP contribution in [-0.2, 0) is 0 Å². The van der Waals surface area contributed by atoms with E-state index in [1.165, 1.54) is 23.5 Å². The highest BCUT2D eigenvalue weighted by molar-refractivity contribution is 7.10. The molecular formula is C12H6ClFN2OS. The number of thiazole rings is 1. The molecule has 0 spiro atoms. The third kappa shape index (κ3) is 2.14. The molecule has 0 N–H and O–H groups in total. The first-order valence-electron chi connectivity index (χ1n) is 5.04. The Kier molecular flexibility index (Phi) is 2.85. The van der Waals surface area contributed by atoms with E-state index in [0.717, 1.165) is 4.88 Å². The lowest BCUT2D eigenvalue weighted by atomic mass is 10.3. The van der Waals surface area contributed by atoms with Crippen LogP contribution in [0.5, 0.6) is 0 Å². The summed E-state index contributed by atoms with van der Waals surface area (Å²) in [5.74, 6) is -0.0987. The summed E-state index contributed by atoms with van der Waals surface area (Å²) < 4.78 is 18.4. The normalized spacial score (nSPS) is 12.2. The van der Waals surface area contributed by atoms with Gasteiger partial charge in [-0.05, 0) is 18.2 Å². The topological polar surface area (TPSA) is 38.9 Å². The largest absolute Gasteiger partial charge is 0.435 e. The van der Waals surface area contributed by atoms with E-state index >= 15 is 0 Å². The smallest absolute Gasteiger partial charge is 0.238 e. The number of rotatable bonds is 2. The van der Waals surface area contributed by atoms with E-state index in [-0.39, 0.29) is 11.7 Å². The average molecular weight is 281 g/mol. The van der Waals surface area contributed by atoms with E-state index in [1.54, 1.807) is 23.8 Å². The third-order valence-electron chi connectivity index (χ3n) is 2.28. The van der Waals surface area contributed by atoms with Gasteiger partial charge in [-0.2, -0.15) is 0 Å². The van der Waals surface area contributed by atoms with E-state index in [0.29, 0.717) is 16.1 Å². The van der Waals surface area contributed by atoms with Gasteiger partial charge in [0.15, 0.2) is 5.58 Å². The summed E-state index contributed by atoms with van der Waals surface area (Å²) in [4.78, 5) is 9.02. The van der Waals surface area contributed by atoms with Crippen LogP contribution in [-0.4, -0.2) is 9.97 Å². The molecule has 3 nitrogen and oxygen atoms in total. The summed E-state index contributed by atoms with van der Waals surface area (Å²) in [6, 6.07) is 4.16. The molecule has 0 atom stereocenters. The summed E-state index contributed by atoms with van der Waals surface area (Å²) in [7, 11) is 0. The van der Waals surface area contributed by atoms with Crippen molar-refractivity contribution in [2.75, 3.05) is 0 Å². The van der Waals surface area contributed by atoms with Gasteiger partial charge in [-0.25, -0.2) is 9.37 Å². The van der Waals surface area contributed by atoms with Crippen LogP contribution in [0.4, 0.5) is 4.39 Å². The molecule has 6 heteroatoms. The van der Waals surface area contributed by atoms with Gasteiger partial charge in [0.25, 0.3) is 0 Å². The summed E-state index contributed by atoms with van der Waals surface area (Å²) in [6.45, 7) is 0. The highest BCUT2D eigenvalue weighted by atomic mass is 35.5. The van der Waals surface area contributed by atoms with Gasteiger partial charge in [0, 0.05) is 17.1 Å². The maximum atomic E-state index is 13.0. The van der Waals surface area contributed by atoms with Gasteiger partial charge < -0.3 is 4.42 Å². The quantitative estimate of drug-likeness (QED) is 0.707. The Morgan fingerprint density at radius 2 is 2.33 bits per heavy atom. The van der Waals surface area contributed by atoms with Gasteiger partial charge in [0.2, 0.25) is 5.89 Å². The number of benzene rings is 1. The number of fused-ring (bicyclic) bond motifs is 1. The molecule has 2 aromatic heterocycles. The van der Waals surface area contributed by atoms with E-state index in [2.05, 4.69) is 9.97 Å². The first kappa shape index (κ1) is 11.4. The Balaban J connectivity index is 2.04. The molecule has 18 heavy (non-hydrogen) atoms. The second-order valence-electron chi connectivity index (χ2n) is 3.53. The second kappa shape index (κ2) is 4.51. The fraction of sp³-hybridized carbons (Fsp3) is 0. The highest BCUT2D eigenvalue weighted by Crippen LogP contribution is 2.26. The summed E-state index contributed by atoms with van der Waals surface area (Å²) in [5.41, 5.74) is 2.65. The Morgan fingerprint density at radius 3 is 3.11 bits per heavy atom. The molecule has 0 radical (unpaired) electrons. The fourth-order valence-corrected chi connectivity index (χ4v) is 2.30. The predicted molar refractivity (Wildman–Crippen MR) is 69.8 cm³/mol. The molecular weight excluding hydrogens is 275 g/mol. The van der Waals surface area contributed by atoms with Crippen molar-refractivity contribution in [1.29, 1.82) is 0 Å². The molecule has 0 saturated carbocycles. The molecule has 90 valence electrons. The third-order valence-corrected chi connectivity index (χ3v) is 3.27. The van der Waals surface area contributed by atoms with Crippen molar-refractivity contribution < 1.29 is 8.81 Å². The van der Waals surface area contributed by atoms with Crippen LogP contribution in [0.3, 0.4) is 0 Å². The first-order chi connectivity index (χ1) is 8.72. The monoisotopic (exact) mass is 280 g/mol. The number of oxazole rings is 1. The Hall–Kier alpha value is -1.72. The fourth-order valence-electron chi connectivity index (χ4n) is 1.48. The van der Waals surface area contributed by atoms with E-state index in [4.69, 9.17) is 16.0 Å². The van der Waals surface area contributed by atoms with Crippen molar-refractivity contribution in [1.82, 2.24) is 9.97 Å². The number of hydrogen-bond donors (Lipinski definition) is 0. The first-order valence-corrected chi connectivity index (χ1v) is 6.30. The van der Waals surface area contributed by atoms with Crippen molar-refractivity contribution >= 4 is 45.1 Å². The molecule has 0 aliphatic heterocycles. The van der Waals surface area contributed by atoms with Gasteiger partial charge in [-0.3, -0.25) is 4.98 Å². The predicted octanol–water partition coefficient (Wildman–Crippen LogP) is 4.16. The summed E-state index contributed by atoms with van der Waals surface area (Å²) >= 11 is 7.55. The summed E-state index contributed by atoms with van der Waals surface area (Å²) in [6.07, 6.45) is 3.40. The zero-order valence-electron chi connectivity index (χ0n) is 8.93.